The maximum absolute atomic E-state index is 11.8. The van der Waals surface area contributed by atoms with E-state index in [1.165, 1.54) is 12.8 Å². The molecule has 1 amide bonds. The molecule has 0 aromatic heterocycles. The number of carbonyl (C=O) groups excluding carboxylic acids is 1. The van der Waals surface area contributed by atoms with Gasteiger partial charge in [-0.3, -0.25) is 4.79 Å². The Hall–Kier alpha value is -0.610. The van der Waals surface area contributed by atoms with Gasteiger partial charge in [-0.15, -0.1) is 0 Å². The van der Waals surface area contributed by atoms with Gasteiger partial charge < -0.3 is 15.5 Å². The first-order chi connectivity index (χ1) is 7.77. The van der Waals surface area contributed by atoms with Gasteiger partial charge >= 0.3 is 0 Å². The Morgan fingerprint density at radius 1 is 1.38 bits per heavy atom. The predicted octanol–water partition coefficient (Wildman–Crippen LogP) is 0.587. The van der Waals surface area contributed by atoms with Crippen molar-refractivity contribution in [2.75, 3.05) is 32.7 Å². The van der Waals surface area contributed by atoms with Crippen molar-refractivity contribution in [3.63, 3.8) is 0 Å². The van der Waals surface area contributed by atoms with Crippen LogP contribution in [-0.4, -0.2) is 49.6 Å². The average molecular weight is 227 g/mol. The normalized spacial score (nSPS) is 21.1. The van der Waals surface area contributed by atoms with Crippen LogP contribution in [0.3, 0.4) is 0 Å². The van der Waals surface area contributed by atoms with Gasteiger partial charge in [0.1, 0.15) is 0 Å². The summed E-state index contributed by atoms with van der Waals surface area (Å²) >= 11 is 0. The lowest BCUT2D eigenvalue weighted by Gasteiger charge is -2.23. The Morgan fingerprint density at radius 2 is 2.12 bits per heavy atom. The van der Waals surface area contributed by atoms with Crippen LogP contribution >= 0.6 is 0 Å². The van der Waals surface area contributed by atoms with Crippen LogP contribution in [0.15, 0.2) is 0 Å². The molecule has 0 unspecified atom stereocenters. The molecule has 1 fully saturated rings. The number of amides is 1. The third kappa shape index (κ3) is 4.49. The summed E-state index contributed by atoms with van der Waals surface area (Å²) in [6.45, 7) is 9.09. The van der Waals surface area contributed by atoms with E-state index in [0.29, 0.717) is 0 Å². The van der Waals surface area contributed by atoms with Crippen molar-refractivity contribution in [3.8, 4) is 0 Å². The van der Waals surface area contributed by atoms with Crippen molar-refractivity contribution in [3.05, 3.63) is 0 Å². The second kappa shape index (κ2) is 7.63. The van der Waals surface area contributed by atoms with Gasteiger partial charge in [0, 0.05) is 13.1 Å². The fraction of sp³-hybridized carbons (Fsp3) is 0.917. The van der Waals surface area contributed by atoms with Crippen LogP contribution in [0.1, 0.15) is 33.1 Å². The number of hydrogen-bond acceptors (Lipinski definition) is 3. The van der Waals surface area contributed by atoms with Crippen LogP contribution in [0.4, 0.5) is 0 Å². The van der Waals surface area contributed by atoms with Gasteiger partial charge in [-0.2, -0.15) is 0 Å². The number of likely N-dealkylation sites (N-methyl/N-ethyl adjacent to an activating group) is 1. The van der Waals surface area contributed by atoms with Crippen LogP contribution in [0.2, 0.25) is 0 Å². The molecule has 94 valence electrons. The molecule has 0 saturated carbocycles. The summed E-state index contributed by atoms with van der Waals surface area (Å²) in [5, 5.41) is 6.27. The first kappa shape index (κ1) is 13.5. The molecule has 1 heterocycles. The van der Waals surface area contributed by atoms with E-state index < -0.39 is 0 Å². The Kier molecular flexibility index (Phi) is 6.42. The first-order valence-electron chi connectivity index (χ1n) is 6.51. The summed E-state index contributed by atoms with van der Waals surface area (Å²) in [7, 11) is 0. The number of hydrogen-bond donors (Lipinski definition) is 2. The van der Waals surface area contributed by atoms with Gasteiger partial charge in [0.15, 0.2) is 0 Å². The van der Waals surface area contributed by atoms with Gasteiger partial charge in [-0.25, -0.2) is 0 Å². The smallest absolute Gasteiger partial charge is 0.237 e. The third-order valence-corrected chi connectivity index (χ3v) is 3.25. The lowest BCUT2D eigenvalue weighted by Crippen LogP contribution is -2.48. The molecule has 0 radical (unpaired) electrons. The van der Waals surface area contributed by atoms with Gasteiger partial charge in [0.25, 0.3) is 0 Å². The van der Waals surface area contributed by atoms with Gasteiger partial charge in [0.05, 0.1) is 6.04 Å². The highest BCUT2D eigenvalue weighted by Gasteiger charge is 2.19. The summed E-state index contributed by atoms with van der Waals surface area (Å²) < 4.78 is 0. The quantitative estimate of drug-likeness (QED) is 0.698. The van der Waals surface area contributed by atoms with Crippen molar-refractivity contribution in [1.82, 2.24) is 15.5 Å². The van der Waals surface area contributed by atoms with Crippen LogP contribution in [0.25, 0.3) is 0 Å². The molecule has 1 atom stereocenters. The summed E-state index contributed by atoms with van der Waals surface area (Å²) in [4.78, 5) is 14.1. The fourth-order valence-corrected chi connectivity index (χ4v) is 2.08. The molecule has 0 spiro atoms. The molecule has 4 nitrogen and oxygen atoms in total. The SMILES string of the molecule is CCN(CC)CCNC(=O)[C@H]1CCCCN1. The first-order valence-corrected chi connectivity index (χ1v) is 6.51. The van der Waals surface area contributed by atoms with Gasteiger partial charge in [0.2, 0.25) is 5.91 Å². The van der Waals surface area contributed by atoms with Crippen molar-refractivity contribution in [2.45, 2.75) is 39.2 Å². The van der Waals surface area contributed by atoms with Crippen molar-refractivity contribution < 1.29 is 4.79 Å². The van der Waals surface area contributed by atoms with Crippen LogP contribution in [0, 0.1) is 0 Å². The summed E-state index contributed by atoms with van der Waals surface area (Å²) in [6.07, 6.45) is 3.35. The van der Waals surface area contributed by atoms with E-state index in [2.05, 4.69) is 29.4 Å². The Labute approximate surface area is 98.8 Å². The van der Waals surface area contributed by atoms with Crippen molar-refractivity contribution in [1.29, 1.82) is 0 Å². The zero-order valence-electron chi connectivity index (χ0n) is 10.6. The Bertz CT molecular complexity index is 198. The zero-order chi connectivity index (χ0) is 11.8. The van der Waals surface area contributed by atoms with Crippen molar-refractivity contribution in [2.24, 2.45) is 0 Å². The molecule has 1 rings (SSSR count). The molecule has 0 aromatic rings. The van der Waals surface area contributed by atoms with E-state index >= 15 is 0 Å². The maximum Gasteiger partial charge on any atom is 0.237 e. The van der Waals surface area contributed by atoms with E-state index in [4.69, 9.17) is 0 Å². The summed E-state index contributed by atoms with van der Waals surface area (Å²) in [6, 6.07) is 0.0467. The van der Waals surface area contributed by atoms with Crippen molar-refractivity contribution >= 4 is 5.91 Å². The lowest BCUT2D eigenvalue weighted by molar-refractivity contribution is -0.123. The number of piperidine rings is 1. The topological polar surface area (TPSA) is 44.4 Å². The number of rotatable bonds is 6. The van der Waals surface area contributed by atoms with Crippen LogP contribution in [0.5, 0.6) is 0 Å². The maximum atomic E-state index is 11.8. The van der Waals surface area contributed by atoms with E-state index in [1.54, 1.807) is 0 Å². The average Bonchev–Trinajstić information content (AvgIpc) is 2.35. The van der Waals surface area contributed by atoms with Gasteiger partial charge in [-0.05, 0) is 32.5 Å². The second-order valence-electron chi connectivity index (χ2n) is 4.32. The molecule has 1 saturated heterocycles. The van der Waals surface area contributed by atoms with Crippen LogP contribution in [-0.2, 0) is 4.79 Å². The van der Waals surface area contributed by atoms with E-state index in [9.17, 15) is 4.79 Å². The molecule has 0 aliphatic carbocycles. The molecule has 2 N–H and O–H groups in total. The minimum Gasteiger partial charge on any atom is -0.353 e. The highest BCUT2D eigenvalue weighted by molar-refractivity contribution is 5.81. The molecule has 16 heavy (non-hydrogen) atoms. The van der Waals surface area contributed by atoms with E-state index in [1.807, 2.05) is 0 Å². The highest BCUT2D eigenvalue weighted by atomic mass is 16.2. The highest BCUT2D eigenvalue weighted by Crippen LogP contribution is 2.06. The molecule has 1 aliphatic rings. The zero-order valence-corrected chi connectivity index (χ0v) is 10.6. The van der Waals surface area contributed by atoms with E-state index in [-0.39, 0.29) is 11.9 Å². The standard InChI is InChI=1S/C12H25N3O/c1-3-15(4-2)10-9-14-12(16)11-7-5-6-8-13-11/h11,13H,3-10H2,1-2H3,(H,14,16)/t11-/m1/s1. The molecule has 0 aromatic carbocycles. The molecule has 4 heteroatoms. The number of nitrogens with zero attached hydrogens (tertiary/aromatic N) is 1. The monoisotopic (exact) mass is 227 g/mol. The van der Waals surface area contributed by atoms with E-state index in [0.717, 1.165) is 39.1 Å². The Balaban J connectivity index is 2.13. The minimum absolute atomic E-state index is 0.0467. The molecule has 1 aliphatic heterocycles. The molecular weight excluding hydrogens is 202 g/mol. The lowest BCUT2D eigenvalue weighted by atomic mass is 10.0. The summed E-state index contributed by atoms with van der Waals surface area (Å²) in [5.74, 6) is 0.173. The van der Waals surface area contributed by atoms with Gasteiger partial charge in [-0.1, -0.05) is 20.3 Å². The summed E-state index contributed by atoms with van der Waals surface area (Å²) in [5.41, 5.74) is 0. The molecular formula is C12H25N3O. The fourth-order valence-electron chi connectivity index (χ4n) is 2.08. The number of nitrogens with one attached hydrogen (secondary N) is 2. The largest absolute Gasteiger partial charge is 0.353 e. The third-order valence-electron chi connectivity index (χ3n) is 3.25. The minimum atomic E-state index is 0.0467. The predicted molar refractivity (Wildman–Crippen MR) is 66.4 cm³/mol. The molecule has 0 bridgehead atoms. The second-order valence-corrected chi connectivity index (χ2v) is 4.32. The van der Waals surface area contributed by atoms with Crippen LogP contribution < -0.4 is 10.6 Å². The number of carbonyl (C=O) groups is 1. The Morgan fingerprint density at radius 3 is 2.69 bits per heavy atom.